The molecular weight excluding hydrogens is 312 g/mol. The summed E-state index contributed by atoms with van der Waals surface area (Å²) in [6, 6.07) is 12.2. The Bertz CT molecular complexity index is 771. The molecule has 0 radical (unpaired) electrons. The van der Waals surface area contributed by atoms with Crippen LogP contribution in [0.25, 0.3) is 0 Å². The van der Waals surface area contributed by atoms with Crippen molar-refractivity contribution in [3.63, 3.8) is 0 Å². The molecule has 23 heavy (non-hydrogen) atoms. The van der Waals surface area contributed by atoms with Crippen molar-refractivity contribution in [2.24, 2.45) is 0 Å². The van der Waals surface area contributed by atoms with Crippen LogP contribution in [0.1, 0.15) is 17.5 Å². The van der Waals surface area contributed by atoms with Crippen LogP contribution in [0.3, 0.4) is 0 Å². The molecule has 1 atom stereocenters. The van der Waals surface area contributed by atoms with Crippen LogP contribution in [0.2, 0.25) is 5.02 Å². The first-order chi connectivity index (χ1) is 11.0. The number of benzene rings is 2. The van der Waals surface area contributed by atoms with Crippen LogP contribution in [0.5, 0.6) is 0 Å². The van der Waals surface area contributed by atoms with Crippen molar-refractivity contribution in [3.05, 3.63) is 58.6 Å². The lowest BCUT2D eigenvalue weighted by molar-refractivity contribution is -0.121. The first-order valence-electron chi connectivity index (χ1n) is 7.42. The molecule has 2 aromatic carbocycles. The highest BCUT2D eigenvalue weighted by Crippen LogP contribution is 2.27. The minimum absolute atomic E-state index is 0.148. The van der Waals surface area contributed by atoms with Crippen molar-refractivity contribution in [3.8, 4) is 0 Å². The molecule has 118 valence electrons. The van der Waals surface area contributed by atoms with E-state index in [1.54, 1.807) is 24.3 Å². The third kappa shape index (κ3) is 3.08. The van der Waals surface area contributed by atoms with Gasteiger partial charge >= 0.3 is 0 Å². The quantitative estimate of drug-likeness (QED) is 0.874. The predicted octanol–water partition coefficient (Wildman–Crippen LogP) is 3.70. The number of amides is 2. The Morgan fingerprint density at radius 3 is 2.48 bits per heavy atom. The average Bonchev–Trinajstić information content (AvgIpc) is 2.79. The second kappa shape index (κ2) is 6.05. The Morgan fingerprint density at radius 1 is 1.09 bits per heavy atom. The van der Waals surface area contributed by atoms with Gasteiger partial charge in [0, 0.05) is 10.7 Å². The summed E-state index contributed by atoms with van der Waals surface area (Å²) in [6.45, 7) is 3.96. The van der Waals surface area contributed by atoms with Gasteiger partial charge in [-0.3, -0.25) is 9.59 Å². The third-order valence-electron chi connectivity index (χ3n) is 3.95. The monoisotopic (exact) mass is 328 g/mol. The standard InChI is InChI=1S/C18H17ClN2O2/c1-11-3-4-12(2)15(9-11)20-16-10-17(22)21(18(16)23)14-7-5-13(19)6-8-14/h3-9,16,20H,10H2,1-2H3/t16-/m1/s1. The minimum atomic E-state index is -0.543. The van der Waals surface area contributed by atoms with Crippen LogP contribution in [-0.4, -0.2) is 17.9 Å². The van der Waals surface area contributed by atoms with Gasteiger partial charge in [-0.1, -0.05) is 23.7 Å². The number of anilines is 2. The molecule has 4 nitrogen and oxygen atoms in total. The lowest BCUT2D eigenvalue weighted by Gasteiger charge is -2.17. The Hall–Kier alpha value is -2.33. The van der Waals surface area contributed by atoms with Crippen LogP contribution in [0.15, 0.2) is 42.5 Å². The van der Waals surface area contributed by atoms with Crippen LogP contribution in [0.4, 0.5) is 11.4 Å². The van der Waals surface area contributed by atoms with Crippen LogP contribution in [0, 0.1) is 13.8 Å². The molecule has 0 aromatic heterocycles. The van der Waals surface area contributed by atoms with Gasteiger partial charge in [0.25, 0.3) is 5.91 Å². The Morgan fingerprint density at radius 2 is 1.78 bits per heavy atom. The zero-order chi connectivity index (χ0) is 16.6. The Labute approximate surface area is 140 Å². The number of carbonyl (C=O) groups is 2. The molecule has 1 aliphatic heterocycles. The van der Waals surface area contributed by atoms with E-state index in [4.69, 9.17) is 11.6 Å². The zero-order valence-corrected chi connectivity index (χ0v) is 13.7. The second-order valence-electron chi connectivity index (χ2n) is 5.76. The van der Waals surface area contributed by atoms with E-state index in [1.165, 1.54) is 4.90 Å². The highest BCUT2D eigenvalue weighted by atomic mass is 35.5. The van der Waals surface area contributed by atoms with E-state index >= 15 is 0 Å². The van der Waals surface area contributed by atoms with Gasteiger partial charge in [0.05, 0.1) is 12.1 Å². The van der Waals surface area contributed by atoms with E-state index < -0.39 is 6.04 Å². The molecule has 0 aliphatic carbocycles. The number of nitrogens with one attached hydrogen (secondary N) is 1. The minimum Gasteiger partial charge on any atom is -0.373 e. The van der Waals surface area contributed by atoms with Gasteiger partial charge in [0.15, 0.2) is 0 Å². The van der Waals surface area contributed by atoms with Crippen LogP contribution in [-0.2, 0) is 9.59 Å². The van der Waals surface area contributed by atoms with Gasteiger partial charge in [-0.25, -0.2) is 4.90 Å². The number of halogens is 1. The van der Waals surface area contributed by atoms with Gasteiger partial charge < -0.3 is 5.32 Å². The molecular formula is C18H17ClN2O2. The smallest absolute Gasteiger partial charge is 0.256 e. The normalized spacial score (nSPS) is 17.7. The molecule has 1 aliphatic rings. The van der Waals surface area contributed by atoms with E-state index in [-0.39, 0.29) is 18.2 Å². The molecule has 5 heteroatoms. The molecule has 1 saturated heterocycles. The zero-order valence-electron chi connectivity index (χ0n) is 13.0. The number of nitrogens with zero attached hydrogens (tertiary/aromatic N) is 1. The van der Waals surface area contributed by atoms with Gasteiger partial charge in [-0.05, 0) is 55.3 Å². The summed E-state index contributed by atoms with van der Waals surface area (Å²) in [5.74, 6) is -0.446. The fourth-order valence-electron chi connectivity index (χ4n) is 2.69. The molecule has 0 unspecified atom stereocenters. The first-order valence-corrected chi connectivity index (χ1v) is 7.79. The van der Waals surface area contributed by atoms with E-state index in [0.717, 1.165) is 16.8 Å². The topological polar surface area (TPSA) is 49.4 Å². The van der Waals surface area contributed by atoms with Gasteiger partial charge in [0.2, 0.25) is 5.91 Å². The number of imide groups is 1. The number of hydrogen-bond donors (Lipinski definition) is 1. The van der Waals surface area contributed by atoms with Gasteiger partial charge in [-0.2, -0.15) is 0 Å². The molecule has 0 bridgehead atoms. The lowest BCUT2D eigenvalue weighted by atomic mass is 10.1. The summed E-state index contributed by atoms with van der Waals surface area (Å²) in [4.78, 5) is 26.1. The van der Waals surface area contributed by atoms with Crippen molar-refractivity contribution in [1.29, 1.82) is 0 Å². The van der Waals surface area contributed by atoms with E-state index in [0.29, 0.717) is 10.7 Å². The molecule has 0 saturated carbocycles. The maximum absolute atomic E-state index is 12.6. The van der Waals surface area contributed by atoms with Crippen molar-refractivity contribution in [2.45, 2.75) is 26.3 Å². The van der Waals surface area contributed by atoms with E-state index in [9.17, 15) is 9.59 Å². The van der Waals surface area contributed by atoms with E-state index in [2.05, 4.69) is 5.32 Å². The van der Waals surface area contributed by atoms with Crippen LogP contribution < -0.4 is 10.2 Å². The van der Waals surface area contributed by atoms with Crippen LogP contribution >= 0.6 is 11.6 Å². The first kappa shape index (κ1) is 15.6. The van der Waals surface area contributed by atoms with Crippen molar-refractivity contribution in [2.75, 3.05) is 10.2 Å². The fourth-order valence-corrected chi connectivity index (χ4v) is 2.81. The average molecular weight is 329 g/mol. The SMILES string of the molecule is Cc1ccc(C)c(N[C@@H]2CC(=O)N(c3ccc(Cl)cc3)C2=O)c1. The van der Waals surface area contributed by atoms with Gasteiger partial charge in [-0.15, -0.1) is 0 Å². The summed E-state index contributed by atoms with van der Waals surface area (Å²) in [6.07, 6.45) is 0.148. The molecule has 3 rings (SSSR count). The lowest BCUT2D eigenvalue weighted by Crippen LogP contribution is -2.34. The molecule has 1 heterocycles. The highest BCUT2D eigenvalue weighted by Gasteiger charge is 2.39. The van der Waals surface area contributed by atoms with Gasteiger partial charge in [0.1, 0.15) is 6.04 Å². The van der Waals surface area contributed by atoms with Crippen molar-refractivity contribution >= 4 is 34.8 Å². The second-order valence-corrected chi connectivity index (χ2v) is 6.20. The number of rotatable bonds is 3. The number of carbonyl (C=O) groups excluding carboxylic acids is 2. The summed E-state index contributed by atoms with van der Waals surface area (Å²) >= 11 is 5.86. The largest absolute Gasteiger partial charge is 0.373 e. The molecule has 1 fully saturated rings. The van der Waals surface area contributed by atoms with Crippen molar-refractivity contribution in [1.82, 2.24) is 0 Å². The maximum atomic E-state index is 12.6. The Balaban J connectivity index is 1.83. The number of aryl methyl sites for hydroxylation is 2. The summed E-state index contributed by atoms with van der Waals surface area (Å²) in [7, 11) is 0. The molecule has 2 amide bonds. The maximum Gasteiger partial charge on any atom is 0.256 e. The van der Waals surface area contributed by atoms with Crippen molar-refractivity contribution < 1.29 is 9.59 Å². The summed E-state index contributed by atoms with van der Waals surface area (Å²) in [5.41, 5.74) is 3.58. The molecule has 1 N–H and O–H groups in total. The molecule has 2 aromatic rings. The third-order valence-corrected chi connectivity index (χ3v) is 4.21. The number of hydrogen-bond acceptors (Lipinski definition) is 3. The Kier molecular flexibility index (Phi) is 4.09. The summed E-state index contributed by atoms with van der Waals surface area (Å²) < 4.78 is 0. The molecule has 0 spiro atoms. The fraction of sp³-hybridized carbons (Fsp3) is 0.222. The van der Waals surface area contributed by atoms with E-state index in [1.807, 2.05) is 32.0 Å². The summed E-state index contributed by atoms with van der Waals surface area (Å²) in [5, 5.41) is 3.77. The predicted molar refractivity (Wildman–Crippen MR) is 91.9 cm³/mol. The highest BCUT2D eigenvalue weighted by molar-refractivity contribution is 6.30.